The van der Waals surface area contributed by atoms with Crippen LogP contribution in [0.15, 0.2) is 18.2 Å². The summed E-state index contributed by atoms with van der Waals surface area (Å²) in [7, 11) is 0. The molecule has 0 unspecified atom stereocenters. The minimum atomic E-state index is -0.0318. The van der Waals surface area contributed by atoms with Crippen molar-refractivity contribution in [3.63, 3.8) is 0 Å². The smallest absolute Gasteiger partial charge is 0.253 e. The molecule has 1 rings (SSSR count). The second-order valence-electron chi connectivity index (χ2n) is 3.64. The van der Waals surface area contributed by atoms with Crippen molar-refractivity contribution in [1.82, 2.24) is 4.90 Å². The third kappa shape index (κ3) is 4.49. The van der Waals surface area contributed by atoms with Gasteiger partial charge < -0.3 is 4.90 Å². The van der Waals surface area contributed by atoms with Gasteiger partial charge in [-0.15, -0.1) is 0 Å². The lowest BCUT2D eigenvalue weighted by molar-refractivity contribution is 0.0766. The van der Waals surface area contributed by atoms with E-state index in [2.05, 4.69) is 15.9 Å². The van der Waals surface area contributed by atoms with Gasteiger partial charge >= 0.3 is 0 Å². The van der Waals surface area contributed by atoms with E-state index in [0.29, 0.717) is 22.2 Å². The van der Waals surface area contributed by atoms with Crippen LogP contribution in [0.4, 0.5) is 0 Å². The van der Waals surface area contributed by atoms with E-state index >= 15 is 0 Å². The van der Waals surface area contributed by atoms with Crippen LogP contribution >= 0.6 is 39.1 Å². The number of nitrogens with zero attached hydrogens (tertiary/aromatic N) is 1. The van der Waals surface area contributed by atoms with Crippen LogP contribution in [0.3, 0.4) is 0 Å². The number of hydrogen-bond donors (Lipinski definition) is 0. The normalized spacial score (nSPS) is 10.4. The lowest BCUT2D eigenvalue weighted by Crippen LogP contribution is -2.33. The standard InChI is InChI=1S/C12H14BrCl2NO/c1-2-4-16(5-3-13)12(17)9-6-10(14)8-11(15)7-9/h6-8H,2-5H2,1H3. The summed E-state index contributed by atoms with van der Waals surface area (Å²) in [5, 5.41) is 1.72. The van der Waals surface area contributed by atoms with Gasteiger partial charge in [-0.2, -0.15) is 0 Å². The maximum atomic E-state index is 12.2. The Morgan fingerprint density at radius 3 is 2.29 bits per heavy atom. The van der Waals surface area contributed by atoms with Gasteiger partial charge in [0.05, 0.1) is 0 Å². The second-order valence-corrected chi connectivity index (χ2v) is 5.31. The zero-order valence-electron chi connectivity index (χ0n) is 9.55. The number of hydrogen-bond acceptors (Lipinski definition) is 1. The van der Waals surface area contributed by atoms with Crippen molar-refractivity contribution < 1.29 is 4.79 Å². The molecule has 0 spiro atoms. The van der Waals surface area contributed by atoms with E-state index < -0.39 is 0 Å². The molecule has 0 fully saturated rings. The Morgan fingerprint density at radius 1 is 1.24 bits per heavy atom. The Balaban J connectivity index is 2.92. The third-order valence-corrected chi connectivity index (χ3v) is 3.04. The minimum Gasteiger partial charge on any atom is -0.338 e. The highest BCUT2D eigenvalue weighted by molar-refractivity contribution is 9.09. The molecule has 0 radical (unpaired) electrons. The highest BCUT2D eigenvalue weighted by atomic mass is 79.9. The number of rotatable bonds is 5. The highest BCUT2D eigenvalue weighted by Gasteiger charge is 2.15. The van der Waals surface area contributed by atoms with Crippen LogP contribution in [-0.2, 0) is 0 Å². The van der Waals surface area contributed by atoms with E-state index in [0.717, 1.165) is 18.3 Å². The van der Waals surface area contributed by atoms with Gasteiger partial charge in [-0.25, -0.2) is 0 Å². The fourth-order valence-corrected chi connectivity index (χ4v) is 2.50. The molecule has 0 aliphatic carbocycles. The lowest BCUT2D eigenvalue weighted by atomic mass is 10.2. The van der Waals surface area contributed by atoms with Gasteiger partial charge in [-0.05, 0) is 24.6 Å². The molecule has 0 atom stereocenters. The van der Waals surface area contributed by atoms with E-state index in [1.807, 2.05) is 6.92 Å². The van der Waals surface area contributed by atoms with E-state index in [4.69, 9.17) is 23.2 Å². The summed E-state index contributed by atoms with van der Waals surface area (Å²) in [4.78, 5) is 14.0. The second kappa shape index (κ2) is 7.24. The predicted molar refractivity (Wildman–Crippen MR) is 76.5 cm³/mol. The number of carbonyl (C=O) groups is 1. The Kier molecular flexibility index (Phi) is 6.31. The highest BCUT2D eigenvalue weighted by Crippen LogP contribution is 2.20. The molecule has 0 aromatic heterocycles. The Bertz CT molecular complexity index is 372. The fourth-order valence-electron chi connectivity index (χ4n) is 1.55. The monoisotopic (exact) mass is 337 g/mol. The van der Waals surface area contributed by atoms with E-state index in [1.165, 1.54) is 0 Å². The molecule has 0 saturated carbocycles. The molecule has 0 saturated heterocycles. The van der Waals surface area contributed by atoms with E-state index in [1.54, 1.807) is 23.1 Å². The molecule has 0 N–H and O–H groups in total. The number of amides is 1. The van der Waals surface area contributed by atoms with Gasteiger partial charge in [0.2, 0.25) is 0 Å². The largest absolute Gasteiger partial charge is 0.338 e. The van der Waals surface area contributed by atoms with Crippen LogP contribution in [0.5, 0.6) is 0 Å². The molecule has 5 heteroatoms. The van der Waals surface area contributed by atoms with Crippen molar-refractivity contribution in [3.05, 3.63) is 33.8 Å². The molecule has 2 nitrogen and oxygen atoms in total. The molecule has 0 bridgehead atoms. The van der Waals surface area contributed by atoms with Crippen molar-refractivity contribution in [2.24, 2.45) is 0 Å². The summed E-state index contributed by atoms with van der Waals surface area (Å²) in [6.07, 6.45) is 0.924. The first-order valence-electron chi connectivity index (χ1n) is 5.39. The maximum Gasteiger partial charge on any atom is 0.253 e. The van der Waals surface area contributed by atoms with Crippen molar-refractivity contribution in [2.45, 2.75) is 13.3 Å². The molecule has 1 aromatic rings. The van der Waals surface area contributed by atoms with Gasteiger partial charge in [0.1, 0.15) is 0 Å². The number of halogens is 3. The summed E-state index contributed by atoms with van der Waals surface area (Å²) in [6.45, 7) is 3.45. The summed E-state index contributed by atoms with van der Waals surface area (Å²) < 4.78 is 0. The van der Waals surface area contributed by atoms with Crippen molar-refractivity contribution >= 4 is 45.0 Å². The maximum absolute atomic E-state index is 12.2. The number of carbonyl (C=O) groups excluding carboxylic acids is 1. The molecule has 17 heavy (non-hydrogen) atoms. The first-order valence-corrected chi connectivity index (χ1v) is 7.27. The first-order chi connectivity index (χ1) is 8.08. The molecule has 1 aromatic carbocycles. The molecule has 0 aliphatic heterocycles. The summed E-state index contributed by atoms with van der Waals surface area (Å²) in [5.74, 6) is -0.0318. The van der Waals surface area contributed by atoms with Gasteiger partial charge in [0.15, 0.2) is 0 Å². The van der Waals surface area contributed by atoms with Crippen LogP contribution in [0.2, 0.25) is 10.0 Å². The van der Waals surface area contributed by atoms with Gasteiger partial charge in [0, 0.05) is 34.0 Å². The Morgan fingerprint density at radius 2 is 1.82 bits per heavy atom. The topological polar surface area (TPSA) is 20.3 Å². The summed E-state index contributed by atoms with van der Waals surface area (Å²) in [5.41, 5.74) is 0.539. The van der Waals surface area contributed by atoms with E-state index in [-0.39, 0.29) is 5.91 Å². The number of benzene rings is 1. The van der Waals surface area contributed by atoms with Crippen LogP contribution in [-0.4, -0.2) is 29.2 Å². The lowest BCUT2D eigenvalue weighted by Gasteiger charge is -2.21. The average molecular weight is 339 g/mol. The Labute approximate surface area is 120 Å². The minimum absolute atomic E-state index is 0.0318. The SMILES string of the molecule is CCCN(CCBr)C(=O)c1cc(Cl)cc(Cl)c1. The zero-order valence-corrected chi connectivity index (χ0v) is 12.6. The first kappa shape index (κ1) is 14.8. The van der Waals surface area contributed by atoms with Gasteiger partial charge in [0.25, 0.3) is 5.91 Å². The zero-order chi connectivity index (χ0) is 12.8. The van der Waals surface area contributed by atoms with Gasteiger partial charge in [-0.3, -0.25) is 4.79 Å². The number of alkyl halides is 1. The van der Waals surface area contributed by atoms with Crippen molar-refractivity contribution in [1.29, 1.82) is 0 Å². The molecule has 1 amide bonds. The third-order valence-electron chi connectivity index (χ3n) is 2.24. The fraction of sp³-hybridized carbons (Fsp3) is 0.417. The molecular weight excluding hydrogens is 325 g/mol. The summed E-state index contributed by atoms with van der Waals surface area (Å²) in [6, 6.07) is 4.91. The summed E-state index contributed by atoms with van der Waals surface area (Å²) >= 11 is 15.1. The van der Waals surface area contributed by atoms with Crippen LogP contribution in [0.1, 0.15) is 23.7 Å². The molecule has 0 aliphatic rings. The predicted octanol–water partition coefficient (Wildman–Crippen LogP) is 4.24. The van der Waals surface area contributed by atoms with Crippen molar-refractivity contribution in [3.8, 4) is 0 Å². The molecule has 0 heterocycles. The van der Waals surface area contributed by atoms with Crippen molar-refractivity contribution in [2.75, 3.05) is 18.4 Å². The van der Waals surface area contributed by atoms with E-state index in [9.17, 15) is 4.79 Å². The quantitative estimate of drug-likeness (QED) is 0.735. The van der Waals surface area contributed by atoms with Gasteiger partial charge in [-0.1, -0.05) is 46.1 Å². The molecule has 94 valence electrons. The van der Waals surface area contributed by atoms with Crippen LogP contribution < -0.4 is 0 Å². The molecular formula is C12H14BrCl2NO. The Hall–Kier alpha value is -0.250. The average Bonchev–Trinajstić information content (AvgIpc) is 2.26. The van der Waals surface area contributed by atoms with Crippen LogP contribution in [0, 0.1) is 0 Å². The van der Waals surface area contributed by atoms with Crippen LogP contribution in [0.25, 0.3) is 0 Å².